The van der Waals surface area contributed by atoms with Crippen molar-refractivity contribution in [3.63, 3.8) is 0 Å². The largest absolute Gasteiger partial charge is 0.507 e. The second kappa shape index (κ2) is 5.80. The standard InChI is InChI=1S/C15H19NO3/c1-3-16(10-13-5-4-8-19-13)12-6-7-14(11(2)17)15(18)9-12/h4-9,11,17-18H,3,10H2,1-2H3. The molecule has 0 radical (unpaired) electrons. The van der Waals surface area contributed by atoms with E-state index in [4.69, 9.17) is 4.42 Å². The van der Waals surface area contributed by atoms with Crippen molar-refractivity contribution in [2.24, 2.45) is 0 Å². The summed E-state index contributed by atoms with van der Waals surface area (Å²) in [6.45, 7) is 5.13. The van der Waals surface area contributed by atoms with E-state index >= 15 is 0 Å². The lowest BCUT2D eigenvalue weighted by molar-refractivity contribution is 0.195. The van der Waals surface area contributed by atoms with Crippen molar-refractivity contribution in [1.82, 2.24) is 0 Å². The van der Waals surface area contributed by atoms with E-state index in [1.165, 1.54) is 0 Å². The average molecular weight is 261 g/mol. The van der Waals surface area contributed by atoms with Crippen LogP contribution in [0.25, 0.3) is 0 Å². The number of aliphatic hydroxyl groups excluding tert-OH is 1. The van der Waals surface area contributed by atoms with Crippen LogP contribution in [0.1, 0.15) is 31.3 Å². The number of hydrogen-bond donors (Lipinski definition) is 2. The smallest absolute Gasteiger partial charge is 0.123 e. The minimum Gasteiger partial charge on any atom is -0.507 e. The molecule has 4 nitrogen and oxygen atoms in total. The Bertz CT molecular complexity index is 520. The highest BCUT2D eigenvalue weighted by atomic mass is 16.3. The van der Waals surface area contributed by atoms with Gasteiger partial charge in [0, 0.05) is 23.9 Å². The summed E-state index contributed by atoms with van der Waals surface area (Å²) >= 11 is 0. The molecule has 2 aromatic rings. The summed E-state index contributed by atoms with van der Waals surface area (Å²) in [7, 11) is 0. The van der Waals surface area contributed by atoms with Crippen LogP contribution in [0.5, 0.6) is 5.75 Å². The van der Waals surface area contributed by atoms with Crippen molar-refractivity contribution in [2.45, 2.75) is 26.5 Å². The molecule has 2 N–H and O–H groups in total. The first-order valence-corrected chi connectivity index (χ1v) is 6.40. The Morgan fingerprint density at radius 1 is 1.32 bits per heavy atom. The van der Waals surface area contributed by atoms with Gasteiger partial charge in [0.15, 0.2) is 0 Å². The molecular formula is C15H19NO3. The Labute approximate surface area is 112 Å². The van der Waals surface area contributed by atoms with Gasteiger partial charge in [0.2, 0.25) is 0 Å². The number of furan rings is 1. The molecule has 4 heteroatoms. The molecule has 0 aliphatic carbocycles. The predicted octanol–water partition coefficient (Wildman–Crippen LogP) is 3.07. The fourth-order valence-corrected chi connectivity index (χ4v) is 2.06. The molecule has 0 aliphatic heterocycles. The number of benzene rings is 1. The van der Waals surface area contributed by atoms with E-state index in [1.54, 1.807) is 25.3 Å². The van der Waals surface area contributed by atoms with Crippen molar-refractivity contribution in [2.75, 3.05) is 11.4 Å². The molecule has 0 saturated heterocycles. The summed E-state index contributed by atoms with van der Waals surface area (Å²) in [6.07, 6.45) is 0.978. The normalized spacial score (nSPS) is 12.4. The van der Waals surface area contributed by atoms with Crippen LogP contribution in [0.4, 0.5) is 5.69 Å². The molecule has 0 bridgehead atoms. The van der Waals surface area contributed by atoms with Gasteiger partial charge in [0.05, 0.1) is 18.9 Å². The second-order valence-electron chi connectivity index (χ2n) is 4.51. The van der Waals surface area contributed by atoms with Crippen molar-refractivity contribution in [3.8, 4) is 5.75 Å². The fraction of sp³-hybridized carbons (Fsp3) is 0.333. The Hall–Kier alpha value is -1.94. The Morgan fingerprint density at radius 3 is 2.63 bits per heavy atom. The Balaban J connectivity index is 2.21. The maximum Gasteiger partial charge on any atom is 0.123 e. The number of rotatable bonds is 5. The van der Waals surface area contributed by atoms with E-state index in [2.05, 4.69) is 4.90 Å². The zero-order valence-corrected chi connectivity index (χ0v) is 11.2. The van der Waals surface area contributed by atoms with Crippen molar-refractivity contribution < 1.29 is 14.6 Å². The highest BCUT2D eigenvalue weighted by Crippen LogP contribution is 2.29. The second-order valence-corrected chi connectivity index (χ2v) is 4.51. The van der Waals surface area contributed by atoms with Crippen molar-refractivity contribution in [1.29, 1.82) is 0 Å². The molecular weight excluding hydrogens is 242 g/mol. The lowest BCUT2D eigenvalue weighted by Gasteiger charge is -2.23. The number of nitrogens with zero attached hydrogens (tertiary/aromatic N) is 1. The van der Waals surface area contributed by atoms with E-state index in [0.29, 0.717) is 12.1 Å². The van der Waals surface area contributed by atoms with Gasteiger partial charge < -0.3 is 19.5 Å². The van der Waals surface area contributed by atoms with E-state index in [0.717, 1.165) is 18.0 Å². The number of hydrogen-bond acceptors (Lipinski definition) is 4. The van der Waals surface area contributed by atoms with Gasteiger partial charge in [-0.15, -0.1) is 0 Å². The van der Waals surface area contributed by atoms with Crippen LogP contribution >= 0.6 is 0 Å². The lowest BCUT2D eigenvalue weighted by atomic mass is 10.1. The summed E-state index contributed by atoms with van der Waals surface area (Å²) in [6, 6.07) is 9.10. The topological polar surface area (TPSA) is 56.8 Å². The maximum atomic E-state index is 9.92. The monoisotopic (exact) mass is 261 g/mol. The molecule has 0 saturated carbocycles. The first kappa shape index (κ1) is 13.5. The van der Waals surface area contributed by atoms with Gasteiger partial charge in [-0.05, 0) is 32.0 Å². The number of aromatic hydroxyl groups is 1. The third kappa shape index (κ3) is 3.09. The minimum atomic E-state index is -0.672. The fourth-order valence-electron chi connectivity index (χ4n) is 2.06. The van der Waals surface area contributed by atoms with Crippen LogP contribution in [0.15, 0.2) is 41.0 Å². The zero-order chi connectivity index (χ0) is 13.8. The van der Waals surface area contributed by atoms with E-state index in [9.17, 15) is 10.2 Å². The molecule has 19 heavy (non-hydrogen) atoms. The number of phenols is 1. The number of aliphatic hydroxyl groups is 1. The average Bonchev–Trinajstić information content (AvgIpc) is 2.88. The first-order valence-electron chi connectivity index (χ1n) is 6.40. The Morgan fingerprint density at radius 2 is 2.11 bits per heavy atom. The molecule has 0 fully saturated rings. The molecule has 1 unspecified atom stereocenters. The lowest BCUT2D eigenvalue weighted by Crippen LogP contribution is -2.21. The van der Waals surface area contributed by atoms with Crippen molar-refractivity contribution >= 4 is 5.69 Å². The first-order chi connectivity index (χ1) is 9.11. The van der Waals surface area contributed by atoms with Gasteiger partial charge in [0.1, 0.15) is 11.5 Å². The Kier molecular flexibility index (Phi) is 4.12. The third-order valence-electron chi connectivity index (χ3n) is 3.14. The SMILES string of the molecule is CCN(Cc1ccco1)c1ccc(C(C)O)c(O)c1. The van der Waals surface area contributed by atoms with Crippen LogP contribution in [0, 0.1) is 0 Å². The number of phenolic OH excluding ortho intramolecular Hbond substituents is 1. The third-order valence-corrected chi connectivity index (χ3v) is 3.14. The van der Waals surface area contributed by atoms with E-state index in [-0.39, 0.29) is 5.75 Å². The summed E-state index contributed by atoms with van der Waals surface area (Å²) in [5.41, 5.74) is 1.44. The van der Waals surface area contributed by atoms with E-state index in [1.807, 2.05) is 25.1 Å². The van der Waals surface area contributed by atoms with Crippen LogP contribution in [-0.4, -0.2) is 16.8 Å². The van der Waals surface area contributed by atoms with Crippen LogP contribution < -0.4 is 4.90 Å². The molecule has 0 spiro atoms. The van der Waals surface area contributed by atoms with Gasteiger partial charge in [0.25, 0.3) is 0 Å². The summed E-state index contributed by atoms with van der Waals surface area (Å²) in [5, 5.41) is 19.4. The molecule has 2 rings (SSSR count). The molecule has 0 amide bonds. The van der Waals surface area contributed by atoms with Gasteiger partial charge in [-0.3, -0.25) is 0 Å². The van der Waals surface area contributed by atoms with Crippen LogP contribution in [-0.2, 0) is 6.54 Å². The van der Waals surface area contributed by atoms with E-state index < -0.39 is 6.10 Å². The van der Waals surface area contributed by atoms with Crippen molar-refractivity contribution in [3.05, 3.63) is 47.9 Å². The van der Waals surface area contributed by atoms with Crippen LogP contribution in [0.2, 0.25) is 0 Å². The van der Waals surface area contributed by atoms with Crippen LogP contribution in [0.3, 0.4) is 0 Å². The molecule has 1 aromatic heterocycles. The summed E-state index contributed by atoms with van der Waals surface area (Å²) in [4.78, 5) is 2.09. The number of anilines is 1. The van der Waals surface area contributed by atoms with Gasteiger partial charge in [-0.1, -0.05) is 6.07 Å². The minimum absolute atomic E-state index is 0.116. The molecule has 1 aromatic carbocycles. The summed E-state index contributed by atoms with van der Waals surface area (Å²) < 4.78 is 5.34. The zero-order valence-electron chi connectivity index (χ0n) is 11.2. The highest BCUT2D eigenvalue weighted by molar-refractivity contribution is 5.53. The molecule has 1 heterocycles. The maximum absolute atomic E-state index is 9.92. The molecule has 0 aliphatic rings. The molecule has 1 atom stereocenters. The molecule has 102 valence electrons. The van der Waals surface area contributed by atoms with Gasteiger partial charge in [-0.2, -0.15) is 0 Å². The highest BCUT2D eigenvalue weighted by Gasteiger charge is 2.12. The quantitative estimate of drug-likeness (QED) is 0.868. The predicted molar refractivity (Wildman–Crippen MR) is 74.2 cm³/mol. The van der Waals surface area contributed by atoms with Gasteiger partial charge >= 0.3 is 0 Å². The summed E-state index contributed by atoms with van der Waals surface area (Å²) in [5.74, 6) is 0.992. The van der Waals surface area contributed by atoms with Gasteiger partial charge in [-0.25, -0.2) is 0 Å².